The third kappa shape index (κ3) is 5.83. The van der Waals surface area contributed by atoms with Gasteiger partial charge in [-0.25, -0.2) is 8.42 Å². The molecule has 2 N–H and O–H groups in total. The second kappa shape index (κ2) is 6.49. The summed E-state index contributed by atoms with van der Waals surface area (Å²) in [5.74, 6) is 5.16. The first-order valence-electron chi connectivity index (χ1n) is 6.03. The van der Waals surface area contributed by atoms with Gasteiger partial charge in [-0.05, 0) is 23.6 Å². The van der Waals surface area contributed by atoms with Gasteiger partial charge in [-0.2, -0.15) is 0 Å². The molecule has 0 bridgehead atoms. The lowest BCUT2D eigenvalue weighted by molar-refractivity contribution is 0.350. The molecule has 0 unspecified atom stereocenters. The number of benzene rings is 1. The van der Waals surface area contributed by atoms with E-state index in [1.54, 1.807) is 12.1 Å². The minimum absolute atomic E-state index is 0.0145. The predicted octanol–water partition coefficient (Wildman–Crippen LogP) is 2.47. The van der Waals surface area contributed by atoms with E-state index in [0.717, 1.165) is 0 Å². The predicted molar refractivity (Wildman–Crippen MR) is 82.3 cm³/mol. The quantitative estimate of drug-likeness (QED) is 0.842. The SMILES string of the molecule is CC(C)(C)CS(=O)(=O)Nc1cc(Cl)ccc1C#CCO. The van der Waals surface area contributed by atoms with Crippen molar-refractivity contribution in [1.29, 1.82) is 0 Å². The van der Waals surface area contributed by atoms with Crippen molar-refractivity contribution in [1.82, 2.24) is 0 Å². The van der Waals surface area contributed by atoms with Gasteiger partial charge in [0.1, 0.15) is 6.61 Å². The van der Waals surface area contributed by atoms with E-state index in [0.29, 0.717) is 16.3 Å². The van der Waals surface area contributed by atoms with Crippen molar-refractivity contribution in [3.05, 3.63) is 28.8 Å². The summed E-state index contributed by atoms with van der Waals surface area (Å²) in [6, 6.07) is 4.73. The molecule has 0 radical (unpaired) electrons. The highest BCUT2D eigenvalue weighted by molar-refractivity contribution is 7.92. The van der Waals surface area contributed by atoms with E-state index < -0.39 is 10.0 Å². The van der Waals surface area contributed by atoms with Gasteiger partial charge in [0.25, 0.3) is 0 Å². The zero-order valence-corrected chi connectivity index (χ0v) is 13.3. The highest BCUT2D eigenvalue weighted by Crippen LogP contribution is 2.23. The zero-order valence-electron chi connectivity index (χ0n) is 11.7. The van der Waals surface area contributed by atoms with Gasteiger partial charge in [0.2, 0.25) is 10.0 Å². The van der Waals surface area contributed by atoms with Crippen LogP contribution in [0.15, 0.2) is 18.2 Å². The average Bonchev–Trinajstić information content (AvgIpc) is 2.24. The lowest BCUT2D eigenvalue weighted by Crippen LogP contribution is -2.26. The third-order valence-corrected chi connectivity index (χ3v) is 4.18. The van der Waals surface area contributed by atoms with Crippen LogP contribution in [-0.2, 0) is 10.0 Å². The van der Waals surface area contributed by atoms with Crippen LogP contribution in [0, 0.1) is 17.3 Å². The van der Waals surface area contributed by atoms with Gasteiger partial charge in [-0.1, -0.05) is 44.2 Å². The molecular formula is C14H18ClNO3S. The number of sulfonamides is 1. The summed E-state index contributed by atoms with van der Waals surface area (Å²) in [5.41, 5.74) is 0.435. The molecule has 20 heavy (non-hydrogen) atoms. The van der Waals surface area contributed by atoms with Crippen LogP contribution in [0.3, 0.4) is 0 Å². The first kappa shape index (κ1) is 16.8. The largest absolute Gasteiger partial charge is 0.384 e. The normalized spacial score (nSPS) is 11.7. The molecule has 4 nitrogen and oxygen atoms in total. The summed E-state index contributed by atoms with van der Waals surface area (Å²) in [6.45, 7) is 5.24. The van der Waals surface area contributed by atoms with Gasteiger partial charge in [-0.15, -0.1) is 0 Å². The number of aliphatic hydroxyl groups is 1. The maximum Gasteiger partial charge on any atom is 0.233 e. The Bertz CT molecular complexity index is 637. The van der Waals surface area contributed by atoms with Crippen LogP contribution < -0.4 is 4.72 Å². The van der Waals surface area contributed by atoms with Crippen LogP contribution >= 0.6 is 11.6 Å². The van der Waals surface area contributed by atoms with Crippen LogP contribution in [0.25, 0.3) is 0 Å². The Morgan fingerprint density at radius 1 is 1.35 bits per heavy atom. The van der Waals surface area contributed by atoms with Gasteiger partial charge in [-0.3, -0.25) is 4.72 Å². The molecule has 0 aromatic heterocycles. The van der Waals surface area contributed by atoms with E-state index >= 15 is 0 Å². The number of nitrogens with one attached hydrogen (secondary N) is 1. The Labute approximate surface area is 125 Å². The number of hydrogen-bond donors (Lipinski definition) is 2. The fraction of sp³-hybridized carbons (Fsp3) is 0.429. The molecule has 0 saturated carbocycles. The highest BCUT2D eigenvalue weighted by Gasteiger charge is 2.22. The standard InChI is InChI=1S/C14H18ClNO3S/c1-14(2,3)10-20(18,19)16-13-9-12(15)7-6-11(13)5-4-8-17/h6-7,9,16-17H,8,10H2,1-3H3. The summed E-state index contributed by atoms with van der Waals surface area (Å²) in [5, 5.41) is 9.13. The van der Waals surface area contributed by atoms with E-state index in [2.05, 4.69) is 16.6 Å². The number of rotatable bonds is 3. The van der Waals surface area contributed by atoms with Gasteiger partial charge >= 0.3 is 0 Å². The molecule has 1 aromatic rings. The summed E-state index contributed by atoms with van der Waals surface area (Å²) < 4.78 is 26.7. The summed E-state index contributed by atoms with van der Waals surface area (Å²) >= 11 is 5.88. The summed E-state index contributed by atoms with van der Waals surface area (Å²) in [6.07, 6.45) is 0. The fourth-order valence-electron chi connectivity index (χ4n) is 1.62. The highest BCUT2D eigenvalue weighted by atomic mass is 35.5. The minimum Gasteiger partial charge on any atom is -0.384 e. The molecule has 110 valence electrons. The Morgan fingerprint density at radius 2 is 2.00 bits per heavy atom. The first-order chi connectivity index (χ1) is 9.13. The van der Waals surface area contributed by atoms with Crippen molar-refractivity contribution in [2.75, 3.05) is 17.1 Å². The van der Waals surface area contributed by atoms with Crippen LogP contribution in [0.2, 0.25) is 5.02 Å². The molecule has 0 amide bonds. The van der Waals surface area contributed by atoms with E-state index in [-0.39, 0.29) is 17.8 Å². The van der Waals surface area contributed by atoms with Crippen LogP contribution in [-0.4, -0.2) is 25.9 Å². The molecular weight excluding hydrogens is 298 g/mol. The van der Waals surface area contributed by atoms with E-state index in [1.165, 1.54) is 6.07 Å². The maximum absolute atomic E-state index is 12.1. The molecule has 0 fully saturated rings. The van der Waals surface area contributed by atoms with E-state index in [9.17, 15) is 8.42 Å². The van der Waals surface area contributed by atoms with Crippen molar-refractivity contribution >= 4 is 27.3 Å². The Balaban J connectivity index is 3.11. The molecule has 6 heteroatoms. The Morgan fingerprint density at radius 3 is 2.55 bits per heavy atom. The van der Waals surface area contributed by atoms with E-state index in [1.807, 2.05) is 20.8 Å². The molecule has 0 heterocycles. The van der Waals surface area contributed by atoms with Crippen molar-refractivity contribution in [2.24, 2.45) is 5.41 Å². The lowest BCUT2D eigenvalue weighted by Gasteiger charge is -2.19. The molecule has 1 aromatic carbocycles. The number of halogens is 1. The van der Waals surface area contributed by atoms with Gasteiger partial charge in [0.15, 0.2) is 0 Å². The van der Waals surface area contributed by atoms with Gasteiger partial charge in [0.05, 0.1) is 11.4 Å². The smallest absolute Gasteiger partial charge is 0.233 e. The summed E-state index contributed by atoms with van der Waals surface area (Å²) in [4.78, 5) is 0. The van der Waals surface area contributed by atoms with Crippen molar-refractivity contribution < 1.29 is 13.5 Å². The second-order valence-corrected chi connectivity index (χ2v) is 7.73. The maximum atomic E-state index is 12.1. The van der Waals surface area contributed by atoms with Crippen LogP contribution in [0.5, 0.6) is 0 Å². The average molecular weight is 316 g/mol. The molecule has 0 aliphatic carbocycles. The van der Waals surface area contributed by atoms with Gasteiger partial charge in [0, 0.05) is 10.6 Å². The number of anilines is 1. The Hall–Kier alpha value is -1.22. The van der Waals surface area contributed by atoms with Crippen molar-refractivity contribution in [2.45, 2.75) is 20.8 Å². The van der Waals surface area contributed by atoms with Crippen LogP contribution in [0.1, 0.15) is 26.3 Å². The minimum atomic E-state index is -3.50. The number of hydrogen-bond acceptors (Lipinski definition) is 3. The third-order valence-electron chi connectivity index (χ3n) is 2.17. The number of aliphatic hydroxyl groups excluding tert-OH is 1. The first-order valence-corrected chi connectivity index (χ1v) is 8.06. The molecule has 0 aliphatic rings. The molecule has 0 spiro atoms. The molecule has 0 saturated heterocycles. The van der Waals surface area contributed by atoms with Crippen molar-refractivity contribution in [3.8, 4) is 11.8 Å². The van der Waals surface area contributed by atoms with E-state index in [4.69, 9.17) is 16.7 Å². The fourth-order valence-corrected chi connectivity index (χ4v) is 3.51. The van der Waals surface area contributed by atoms with Gasteiger partial charge < -0.3 is 5.11 Å². The summed E-state index contributed by atoms with van der Waals surface area (Å²) in [7, 11) is -3.50. The molecule has 1 rings (SSSR count). The molecule has 0 aliphatic heterocycles. The second-order valence-electron chi connectivity index (χ2n) is 5.57. The van der Waals surface area contributed by atoms with Crippen molar-refractivity contribution in [3.63, 3.8) is 0 Å². The zero-order chi connectivity index (χ0) is 15.4. The molecule has 0 atom stereocenters. The Kier molecular flexibility index (Phi) is 5.46. The monoisotopic (exact) mass is 315 g/mol. The van der Waals surface area contributed by atoms with Crippen LogP contribution in [0.4, 0.5) is 5.69 Å². The topological polar surface area (TPSA) is 66.4 Å². The lowest BCUT2D eigenvalue weighted by atomic mass is 10.0.